The molecule has 0 aromatic heterocycles. The van der Waals surface area contributed by atoms with Gasteiger partial charge in [0, 0.05) is 0 Å². The SMILES string of the molecule is CCCCCC1CCC(C(C)Cc2ccc(-c3ccc(C)cc3)cc2)CC1. The molecular weight excluding hydrogens is 324 g/mol. The van der Waals surface area contributed by atoms with Gasteiger partial charge in [-0.25, -0.2) is 0 Å². The average Bonchev–Trinajstić information content (AvgIpc) is 2.70. The summed E-state index contributed by atoms with van der Waals surface area (Å²) in [6.45, 7) is 6.94. The van der Waals surface area contributed by atoms with Crippen LogP contribution in [0.2, 0.25) is 0 Å². The molecule has 1 aliphatic carbocycles. The summed E-state index contributed by atoms with van der Waals surface area (Å²) in [6.07, 6.45) is 12.8. The first-order valence-electron chi connectivity index (χ1n) is 11.3. The maximum Gasteiger partial charge on any atom is -0.0184 e. The average molecular weight is 363 g/mol. The first-order chi connectivity index (χ1) is 13.2. The first-order valence-corrected chi connectivity index (χ1v) is 11.3. The Hall–Kier alpha value is -1.56. The van der Waals surface area contributed by atoms with Crippen molar-refractivity contribution in [2.24, 2.45) is 17.8 Å². The van der Waals surface area contributed by atoms with E-state index in [1.165, 1.54) is 80.0 Å². The fourth-order valence-electron chi connectivity index (χ4n) is 4.85. The summed E-state index contributed by atoms with van der Waals surface area (Å²) in [5.41, 5.74) is 5.48. The molecule has 0 nitrogen and oxygen atoms in total. The standard InChI is InChI=1S/C27H38/c1-4-5-6-7-23-10-16-25(17-11-23)22(3)20-24-12-18-27(19-13-24)26-14-8-21(2)9-15-26/h8-9,12-15,18-19,22-23,25H,4-7,10-11,16-17,20H2,1-3H3. The third-order valence-electron chi connectivity index (χ3n) is 6.81. The minimum atomic E-state index is 0.812. The Labute approximate surface area is 167 Å². The molecular formula is C27H38. The predicted octanol–water partition coefficient (Wildman–Crippen LogP) is 8.23. The number of unbranched alkanes of at least 4 members (excludes halogenated alkanes) is 2. The third kappa shape index (κ3) is 5.96. The van der Waals surface area contributed by atoms with Crippen LogP contribution >= 0.6 is 0 Å². The van der Waals surface area contributed by atoms with Crippen LogP contribution in [0.4, 0.5) is 0 Å². The number of rotatable bonds is 8. The highest BCUT2D eigenvalue weighted by molar-refractivity contribution is 5.63. The summed E-state index contributed by atoms with van der Waals surface area (Å²) in [5.74, 6) is 2.77. The van der Waals surface area contributed by atoms with Gasteiger partial charge in [-0.15, -0.1) is 0 Å². The van der Waals surface area contributed by atoms with Gasteiger partial charge in [-0.05, 0) is 60.6 Å². The van der Waals surface area contributed by atoms with Gasteiger partial charge in [-0.3, -0.25) is 0 Å². The number of hydrogen-bond acceptors (Lipinski definition) is 0. The lowest BCUT2D eigenvalue weighted by Crippen LogP contribution is -2.21. The van der Waals surface area contributed by atoms with Crippen LogP contribution in [0, 0.1) is 24.7 Å². The predicted molar refractivity (Wildman–Crippen MR) is 119 cm³/mol. The van der Waals surface area contributed by atoms with Crippen molar-refractivity contribution >= 4 is 0 Å². The van der Waals surface area contributed by atoms with Crippen LogP contribution in [0.5, 0.6) is 0 Å². The van der Waals surface area contributed by atoms with Crippen molar-refractivity contribution in [2.75, 3.05) is 0 Å². The summed E-state index contributed by atoms with van der Waals surface area (Å²) in [7, 11) is 0. The molecule has 0 saturated heterocycles. The molecule has 1 aliphatic rings. The minimum absolute atomic E-state index is 0.812. The van der Waals surface area contributed by atoms with Gasteiger partial charge in [0.1, 0.15) is 0 Å². The van der Waals surface area contributed by atoms with E-state index in [2.05, 4.69) is 69.3 Å². The third-order valence-corrected chi connectivity index (χ3v) is 6.81. The monoisotopic (exact) mass is 362 g/mol. The molecule has 146 valence electrons. The highest BCUT2D eigenvalue weighted by Crippen LogP contribution is 2.37. The van der Waals surface area contributed by atoms with E-state index < -0.39 is 0 Å². The number of hydrogen-bond donors (Lipinski definition) is 0. The van der Waals surface area contributed by atoms with Crippen LogP contribution in [0.25, 0.3) is 11.1 Å². The van der Waals surface area contributed by atoms with Gasteiger partial charge < -0.3 is 0 Å². The molecule has 0 heteroatoms. The molecule has 27 heavy (non-hydrogen) atoms. The van der Waals surface area contributed by atoms with Gasteiger partial charge in [0.25, 0.3) is 0 Å². The zero-order chi connectivity index (χ0) is 19.1. The highest BCUT2D eigenvalue weighted by atomic mass is 14.3. The summed E-state index contributed by atoms with van der Waals surface area (Å²) in [6, 6.07) is 18.2. The van der Waals surface area contributed by atoms with Crippen LogP contribution in [-0.4, -0.2) is 0 Å². The Morgan fingerprint density at radius 1 is 0.815 bits per heavy atom. The Kier molecular flexibility index (Phi) is 7.56. The maximum atomic E-state index is 2.48. The van der Waals surface area contributed by atoms with Gasteiger partial charge in [0.05, 0.1) is 0 Å². The maximum absolute atomic E-state index is 2.48. The smallest absolute Gasteiger partial charge is 0.0184 e. The Balaban J connectivity index is 1.48. The lowest BCUT2D eigenvalue weighted by atomic mass is 9.73. The van der Waals surface area contributed by atoms with E-state index in [1.54, 1.807) is 0 Å². The summed E-state index contributed by atoms with van der Waals surface area (Å²) < 4.78 is 0. The quantitative estimate of drug-likeness (QED) is 0.415. The zero-order valence-electron chi connectivity index (χ0n) is 17.7. The van der Waals surface area contributed by atoms with E-state index in [1.807, 2.05) is 0 Å². The summed E-state index contributed by atoms with van der Waals surface area (Å²) in [5, 5.41) is 0. The van der Waals surface area contributed by atoms with Crippen LogP contribution in [-0.2, 0) is 6.42 Å². The van der Waals surface area contributed by atoms with Crippen molar-refractivity contribution < 1.29 is 0 Å². The molecule has 1 saturated carbocycles. The van der Waals surface area contributed by atoms with Crippen LogP contribution in [0.3, 0.4) is 0 Å². The van der Waals surface area contributed by atoms with E-state index in [4.69, 9.17) is 0 Å². The zero-order valence-corrected chi connectivity index (χ0v) is 17.7. The summed E-state index contributed by atoms with van der Waals surface area (Å²) in [4.78, 5) is 0. The second kappa shape index (κ2) is 10.1. The largest absolute Gasteiger partial charge is 0.0654 e. The Bertz CT molecular complexity index is 656. The van der Waals surface area contributed by atoms with Gasteiger partial charge in [0.15, 0.2) is 0 Å². The molecule has 0 aliphatic heterocycles. The van der Waals surface area contributed by atoms with Crippen molar-refractivity contribution in [1.29, 1.82) is 0 Å². The molecule has 0 N–H and O–H groups in total. The van der Waals surface area contributed by atoms with Gasteiger partial charge in [0.2, 0.25) is 0 Å². The van der Waals surface area contributed by atoms with Crippen molar-refractivity contribution in [2.45, 2.75) is 78.6 Å². The number of aryl methyl sites for hydroxylation is 1. The fraction of sp³-hybridized carbons (Fsp3) is 0.556. The molecule has 2 aromatic carbocycles. The normalized spacial score (nSPS) is 21.1. The summed E-state index contributed by atoms with van der Waals surface area (Å²) >= 11 is 0. The highest BCUT2D eigenvalue weighted by Gasteiger charge is 2.25. The van der Waals surface area contributed by atoms with Crippen LogP contribution in [0.15, 0.2) is 48.5 Å². The fourth-order valence-corrected chi connectivity index (χ4v) is 4.85. The van der Waals surface area contributed by atoms with E-state index in [0.29, 0.717) is 0 Å². The van der Waals surface area contributed by atoms with Crippen LogP contribution in [0.1, 0.15) is 76.3 Å². The second-order valence-corrected chi connectivity index (χ2v) is 9.02. The Morgan fingerprint density at radius 2 is 1.41 bits per heavy atom. The molecule has 0 amide bonds. The van der Waals surface area contributed by atoms with Crippen LogP contribution < -0.4 is 0 Å². The van der Waals surface area contributed by atoms with Gasteiger partial charge >= 0.3 is 0 Å². The van der Waals surface area contributed by atoms with Gasteiger partial charge in [-0.2, -0.15) is 0 Å². The lowest BCUT2D eigenvalue weighted by Gasteiger charge is -2.32. The molecule has 0 bridgehead atoms. The van der Waals surface area contributed by atoms with Crippen molar-refractivity contribution in [3.8, 4) is 11.1 Å². The number of benzene rings is 2. The molecule has 0 spiro atoms. The Morgan fingerprint density at radius 3 is 2.00 bits per heavy atom. The van der Waals surface area contributed by atoms with Crippen molar-refractivity contribution in [1.82, 2.24) is 0 Å². The second-order valence-electron chi connectivity index (χ2n) is 9.02. The lowest BCUT2D eigenvalue weighted by molar-refractivity contribution is 0.204. The van der Waals surface area contributed by atoms with E-state index >= 15 is 0 Å². The molecule has 1 fully saturated rings. The minimum Gasteiger partial charge on any atom is -0.0654 e. The molecule has 1 unspecified atom stereocenters. The van der Waals surface area contributed by atoms with Gasteiger partial charge in [-0.1, -0.05) is 106 Å². The molecule has 0 radical (unpaired) electrons. The molecule has 0 heterocycles. The van der Waals surface area contributed by atoms with E-state index in [9.17, 15) is 0 Å². The molecule has 3 rings (SSSR count). The van der Waals surface area contributed by atoms with Crippen molar-refractivity contribution in [3.05, 3.63) is 59.7 Å². The van der Waals surface area contributed by atoms with E-state index in [-0.39, 0.29) is 0 Å². The molecule has 1 atom stereocenters. The first kappa shape index (κ1) is 20.2. The van der Waals surface area contributed by atoms with Crippen molar-refractivity contribution in [3.63, 3.8) is 0 Å². The van der Waals surface area contributed by atoms with E-state index in [0.717, 1.165) is 17.8 Å². The molecule has 2 aromatic rings. The topological polar surface area (TPSA) is 0 Å².